The molecule has 1 saturated carbocycles. The predicted molar refractivity (Wildman–Crippen MR) is 116 cm³/mol. The highest BCUT2D eigenvalue weighted by Gasteiger charge is 2.32. The lowest BCUT2D eigenvalue weighted by atomic mass is 9.88. The molecule has 1 N–H and O–H groups in total. The Kier molecular flexibility index (Phi) is 6.33. The van der Waals surface area contributed by atoms with Crippen LogP contribution < -0.4 is 10.1 Å². The van der Waals surface area contributed by atoms with Crippen molar-refractivity contribution in [2.45, 2.75) is 52.2 Å². The molecule has 0 unspecified atom stereocenters. The van der Waals surface area contributed by atoms with Crippen LogP contribution in [0.4, 0.5) is 0 Å². The Balaban J connectivity index is 1.57. The average molecular weight is 379 g/mol. The average Bonchev–Trinajstić information content (AvgIpc) is 3.23. The van der Waals surface area contributed by atoms with Gasteiger partial charge in [-0.05, 0) is 54.9 Å². The predicted octanol–water partition coefficient (Wildman–Crippen LogP) is 5.02. The van der Waals surface area contributed by atoms with Crippen molar-refractivity contribution in [2.24, 2.45) is 5.92 Å². The van der Waals surface area contributed by atoms with Crippen molar-refractivity contribution in [3.8, 4) is 5.75 Å². The fourth-order valence-corrected chi connectivity index (χ4v) is 5.13. The number of aryl methyl sites for hydroxylation is 2. The van der Waals surface area contributed by atoms with E-state index in [9.17, 15) is 0 Å². The first-order valence-electron chi connectivity index (χ1n) is 10.9. The molecule has 1 aliphatic carbocycles. The van der Waals surface area contributed by atoms with Crippen molar-refractivity contribution in [2.75, 3.05) is 26.2 Å². The summed E-state index contributed by atoms with van der Waals surface area (Å²) >= 11 is 0. The van der Waals surface area contributed by atoms with E-state index in [-0.39, 0.29) is 0 Å². The van der Waals surface area contributed by atoms with Crippen LogP contribution in [0.2, 0.25) is 0 Å². The highest BCUT2D eigenvalue weighted by molar-refractivity contribution is 5.44. The van der Waals surface area contributed by atoms with E-state index in [1.54, 1.807) is 0 Å². The van der Waals surface area contributed by atoms with Gasteiger partial charge in [-0.2, -0.15) is 0 Å². The van der Waals surface area contributed by atoms with Gasteiger partial charge in [0.05, 0.1) is 0 Å². The van der Waals surface area contributed by atoms with Gasteiger partial charge in [0.15, 0.2) is 0 Å². The molecule has 1 aliphatic heterocycles. The Morgan fingerprint density at radius 1 is 1.00 bits per heavy atom. The molecule has 0 spiro atoms. The van der Waals surface area contributed by atoms with Crippen LogP contribution in [0.3, 0.4) is 0 Å². The molecule has 1 heterocycles. The molecule has 3 nitrogen and oxygen atoms in total. The third kappa shape index (κ3) is 4.42. The van der Waals surface area contributed by atoms with Crippen LogP contribution in [0.25, 0.3) is 0 Å². The quantitative estimate of drug-likeness (QED) is 0.764. The van der Waals surface area contributed by atoms with E-state index < -0.39 is 0 Å². The van der Waals surface area contributed by atoms with Crippen LogP contribution in [-0.4, -0.2) is 31.1 Å². The van der Waals surface area contributed by atoms with Gasteiger partial charge in [-0.3, -0.25) is 4.90 Å². The molecule has 0 aromatic heterocycles. The number of ether oxygens (including phenoxy) is 1. The van der Waals surface area contributed by atoms with E-state index in [2.05, 4.69) is 60.5 Å². The fraction of sp³-hybridized carbons (Fsp3) is 0.520. The Morgan fingerprint density at radius 3 is 2.29 bits per heavy atom. The summed E-state index contributed by atoms with van der Waals surface area (Å²) in [5.41, 5.74) is 5.25. The second-order valence-corrected chi connectivity index (χ2v) is 8.53. The highest BCUT2D eigenvalue weighted by atomic mass is 16.5. The minimum Gasteiger partial charge on any atom is -0.488 e. The van der Waals surface area contributed by atoms with Gasteiger partial charge in [-0.15, -0.1) is 0 Å². The molecule has 28 heavy (non-hydrogen) atoms. The third-order valence-corrected chi connectivity index (χ3v) is 6.44. The van der Waals surface area contributed by atoms with Crippen molar-refractivity contribution < 1.29 is 4.74 Å². The zero-order valence-corrected chi connectivity index (χ0v) is 17.4. The van der Waals surface area contributed by atoms with Crippen LogP contribution in [0.1, 0.15) is 54.0 Å². The number of rotatable bonds is 6. The normalized spacial score (nSPS) is 19.6. The lowest BCUT2D eigenvalue weighted by Gasteiger charge is -2.39. The first-order valence-corrected chi connectivity index (χ1v) is 10.9. The van der Waals surface area contributed by atoms with Crippen LogP contribution in [0.15, 0.2) is 42.5 Å². The van der Waals surface area contributed by atoms with Gasteiger partial charge in [-0.25, -0.2) is 0 Å². The van der Waals surface area contributed by atoms with Gasteiger partial charge >= 0.3 is 0 Å². The summed E-state index contributed by atoms with van der Waals surface area (Å²) in [6.45, 7) is 9.59. The van der Waals surface area contributed by atoms with Gasteiger partial charge in [-0.1, -0.05) is 55.3 Å². The third-order valence-electron chi connectivity index (χ3n) is 6.44. The van der Waals surface area contributed by atoms with Gasteiger partial charge in [0.2, 0.25) is 0 Å². The minimum absolute atomic E-state index is 0.560. The summed E-state index contributed by atoms with van der Waals surface area (Å²) in [5, 5.41) is 3.51. The zero-order valence-electron chi connectivity index (χ0n) is 17.4. The van der Waals surface area contributed by atoms with Gasteiger partial charge in [0, 0.05) is 32.2 Å². The molecule has 1 saturated heterocycles. The number of hydrogen-bond acceptors (Lipinski definition) is 3. The van der Waals surface area contributed by atoms with Crippen LogP contribution >= 0.6 is 0 Å². The molecule has 2 aromatic rings. The van der Waals surface area contributed by atoms with E-state index in [4.69, 9.17) is 4.74 Å². The summed E-state index contributed by atoms with van der Waals surface area (Å²) in [7, 11) is 0. The molecule has 150 valence electrons. The van der Waals surface area contributed by atoms with Gasteiger partial charge < -0.3 is 10.1 Å². The molecule has 0 amide bonds. The first kappa shape index (κ1) is 19.5. The Morgan fingerprint density at radius 2 is 1.64 bits per heavy atom. The van der Waals surface area contributed by atoms with Crippen molar-refractivity contribution in [3.05, 3.63) is 64.7 Å². The van der Waals surface area contributed by atoms with Crippen molar-refractivity contribution in [3.63, 3.8) is 0 Å². The molecule has 0 radical (unpaired) electrons. The van der Waals surface area contributed by atoms with E-state index in [0.717, 1.165) is 37.8 Å². The summed E-state index contributed by atoms with van der Waals surface area (Å²) < 4.78 is 6.24. The van der Waals surface area contributed by atoms with Crippen LogP contribution in [0, 0.1) is 19.8 Å². The van der Waals surface area contributed by atoms with E-state index in [0.29, 0.717) is 12.6 Å². The van der Waals surface area contributed by atoms with Gasteiger partial charge in [0.1, 0.15) is 12.4 Å². The minimum atomic E-state index is 0.560. The van der Waals surface area contributed by atoms with E-state index in [1.165, 1.54) is 47.9 Å². The Labute approximate surface area is 170 Å². The topological polar surface area (TPSA) is 24.5 Å². The zero-order chi connectivity index (χ0) is 19.3. The smallest absolute Gasteiger partial charge is 0.125 e. The number of nitrogens with zero attached hydrogens (tertiary/aromatic N) is 1. The van der Waals surface area contributed by atoms with Gasteiger partial charge in [0.25, 0.3) is 0 Å². The summed E-state index contributed by atoms with van der Waals surface area (Å²) in [6.07, 6.45) is 5.53. The number of nitrogens with one attached hydrogen (secondary N) is 1. The molecular formula is C25H34N2O. The molecule has 3 heteroatoms. The lowest BCUT2D eigenvalue weighted by molar-refractivity contribution is 0.125. The lowest BCUT2D eigenvalue weighted by Crippen LogP contribution is -2.46. The standard InChI is InChI=1S/C25H34N2O/c1-19-16-23(17-20(2)25(19)28-18-21-8-4-3-5-9-21)24(22-10-6-7-11-22)27-14-12-26-13-15-27/h3-5,8-9,16-17,22,24,26H,6-7,10-15,18H2,1-2H3/t24-/m1/s1. The molecule has 1 atom stereocenters. The molecule has 2 aliphatic rings. The molecule has 2 fully saturated rings. The van der Waals surface area contributed by atoms with E-state index in [1.807, 2.05) is 6.07 Å². The highest BCUT2D eigenvalue weighted by Crippen LogP contribution is 2.41. The molecule has 2 aromatic carbocycles. The maximum Gasteiger partial charge on any atom is 0.125 e. The SMILES string of the molecule is Cc1cc([C@@H](C2CCCC2)N2CCNCC2)cc(C)c1OCc1ccccc1. The van der Waals surface area contributed by atoms with Crippen molar-refractivity contribution in [1.82, 2.24) is 10.2 Å². The van der Waals surface area contributed by atoms with Crippen LogP contribution in [0.5, 0.6) is 5.75 Å². The number of piperazine rings is 1. The van der Waals surface area contributed by atoms with Crippen LogP contribution in [-0.2, 0) is 6.61 Å². The first-order chi connectivity index (χ1) is 13.7. The van der Waals surface area contributed by atoms with E-state index >= 15 is 0 Å². The summed E-state index contributed by atoms with van der Waals surface area (Å²) in [4.78, 5) is 2.73. The second kappa shape index (κ2) is 9.11. The summed E-state index contributed by atoms with van der Waals surface area (Å²) in [5.74, 6) is 1.85. The Hall–Kier alpha value is -1.84. The monoisotopic (exact) mass is 378 g/mol. The van der Waals surface area contributed by atoms with Crippen molar-refractivity contribution >= 4 is 0 Å². The molecule has 0 bridgehead atoms. The molecular weight excluding hydrogens is 344 g/mol. The second-order valence-electron chi connectivity index (χ2n) is 8.53. The number of benzene rings is 2. The maximum absolute atomic E-state index is 6.24. The fourth-order valence-electron chi connectivity index (χ4n) is 5.13. The number of hydrogen-bond donors (Lipinski definition) is 1. The maximum atomic E-state index is 6.24. The molecule has 4 rings (SSSR count). The largest absolute Gasteiger partial charge is 0.488 e. The Bertz CT molecular complexity index is 738. The summed E-state index contributed by atoms with van der Waals surface area (Å²) in [6, 6.07) is 15.8. The van der Waals surface area contributed by atoms with Crippen molar-refractivity contribution in [1.29, 1.82) is 0 Å².